The van der Waals surface area contributed by atoms with E-state index in [9.17, 15) is 5.11 Å². The van der Waals surface area contributed by atoms with Crippen LogP contribution in [0.1, 0.15) is 64.7 Å². The van der Waals surface area contributed by atoms with Crippen molar-refractivity contribution in [1.29, 1.82) is 0 Å². The van der Waals surface area contributed by atoms with Gasteiger partial charge in [-0.15, -0.1) is 0 Å². The van der Waals surface area contributed by atoms with Gasteiger partial charge in [0, 0.05) is 12.0 Å². The number of rotatable bonds is 3. The summed E-state index contributed by atoms with van der Waals surface area (Å²) in [5.74, 6) is 4.00. The van der Waals surface area contributed by atoms with Crippen molar-refractivity contribution >= 4 is 0 Å². The molecule has 4 aliphatic carbocycles. The standard InChI is InChI=1S/C18H31NO/c1-2-12-6-7-17(9-12,11-19)18(20)10-13-8-16(18)15-5-3-4-14(13)15/h12-16,20H,2-11,19H2,1H3. The van der Waals surface area contributed by atoms with Crippen LogP contribution in [-0.2, 0) is 0 Å². The van der Waals surface area contributed by atoms with Crippen molar-refractivity contribution in [3.05, 3.63) is 0 Å². The molecular weight excluding hydrogens is 246 g/mol. The highest BCUT2D eigenvalue weighted by Gasteiger charge is 2.67. The summed E-state index contributed by atoms with van der Waals surface area (Å²) in [6.45, 7) is 3.01. The van der Waals surface area contributed by atoms with Crippen LogP contribution in [0.4, 0.5) is 0 Å². The van der Waals surface area contributed by atoms with Crippen LogP contribution in [-0.4, -0.2) is 17.3 Å². The minimum Gasteiger partial charge on any atom is -0.389 e. The van der Waals surface area contributed by atoms with Gasteiger partial charge in [-0.1, -0.05) is 19.8 Å². The number of nitrogens with two attached hydrogens (primary N) is 1. The van der Waals surface area contributed by atoms with Gasteiger partial charge in [-0.05, 0) is 74.5 Å². The van der Waals surface area contributed by atoms with Crippen molar-refractivity contribution in [3.8, 4) is 0 Å². The van der Waals surface area contributed by atoms with Crippen LogP contribution in [0.25, 0.3) is 0 Å². The van der Waals surface area contributed by atoms with Gasteiger partial charge in [0.25, 0.3) is 0 Å². The minimum atomic E-state index is -0.415. The molecule has 0 heterocycles. The van der Waals surface area contributed by atoms with E-state index in [2.05, 4.69) is 6.92 Å². The molecule has 4 rings (SSSR count). The molecule has 7 unspecified atom stereocenters. The lowest BCUT2D eigenvalue weighted by Crippen LogP contribution is -2.57. The third-order valence-corrected chi connectivity index (χ3v) is 8.09. The van der Waals surface area contributed by atoms with E-state index < -0.39 is 5.60 Å². The molecule has 4 fully saturated rings. The Morgan fingerprint density at radius 3 is 2.65 bits per heavy atom. The van der Waals surface area contributed by atoms with Gasteiger partial charge in [-0.3, -0.25) is 0 Å². The van der Waals surface area contributed by atoms with Crippen LogP contribution < -0.4 is 5.73 Å². The SMILES string of the molecule is CCC1CCC(CN)(C2(O)CC3CC2C2CCCC32)C1. The Morgan fingerprint density at radius 1 is 1.15 bits per heavy atom. The number of aliphatic hydroxyl groups is 1. The molecule has 2 heteroatoms. The molecular formula is C18H31NO. The van der Waals surface area contributed by atoms with Gasteiger partial charge in [0.2, 0.25) is 0 Å². The zero-order chi connectivity index (χ0) is 14.0. The Bertz CT molecular complexity index is 397. The minimum absolute atomic E-state index is 0.0562. The highest BCUT2D eigenvalue weighted by Crippen LogP contribution is 2.68. The molecule has 7 atom stereocenters. The molecule has 0 spiro atoms. The molecule has 3 N–H and O–H groups in total. The fourth-order valence-electron chi connectivity index (χ4n) is 7.06. The number of hydrogen-bond acceptors (Lipinski definition) is 2. The summed E-state index contributed by atoms with van der Waals surface area (Å²) in [4.78, 5) is 0. The fraction of sp³-hybridized carbons (Fsp3) is 1.00. The van der Waals surface area contributed by atoms with Crippen LogP contribution in [0.5, 0.6) is 0 Å². The second kappa shape index (κ2) is 4.46. The Morgan fingerprint density at radius 2 is 1.95 bits per heavy atom. The van der Waals surface area contributed by atoms with Gasteiger partial charge in [-0.2, -0.15) is 0 Å². The van der Waals surface area contributed by atoms with Gasteiger partial charge < -0.3 is 10.8 Å². The first kappa shape index (κ1) is 13.6. The summed E-state index contributed by atoms with van der Waals surface area (Å²) in [7, 11) is 0. The predicted octanol–water partition coefficient (Wildman–Crippen LogP) is 3.33. The van der Waals surface area contributed by atoms with Crippen LogP contribution in [0.2, 0.25) is 0 Å². The largest absolute Gasteiger partial charge is 0.389 e. The Balaban J connectivity index is 1.64. The molecule has 0 amide bonds. The van der Waals surface area contributed by atoms with E-state index in [1.54, 1.807) is 0 Å². The highest BCUT2D eigenvalue weighted by atomic mass is 16.3. The normalized spacial score (nSPS) is 57.5. The van der Waals surface area contributed by atoms with E-state index in [1.165, 1.54) is 51.4 Å². The fourth-order valence-corrected chi connectivity index (χ4v) is 7.06. The van der Waals surface area contributed by atoms with Crippen molar-refractivity contribution in [2.24, 2.45) is 40.7 Å². The molecule has 20 heavy (non-hydrogen) atoms. The third-order valence-electron chi connectivity index (χ3n) is 8.09. The van der Waals surface area contributed by atoms with E-state index in [4.69, 9.17) is 5.73 Å². The third kappa shape index (κ3) is 1.53. The van der Waals surface area contributed by atoms with E-state index >= 15 is 0 Å². The Hall–Kier alpha value is -0.0800. The van der Waals surface area contributed by atoms with Crippen LogP contribution in [0.3, 0.4) is 0 Å². The lowest BCUT2D eigenvalue weighted by Gasteiger charge is -2.50. The second-order valence-corrected chi connectivity index (χ2v) is 8.49. The lowest BCUT2D eigenvalue weighted by atomic mass is 9.59. The van der Waals surface area contributed by atoms with E-state index in [1.807, 2.05) is 0 Å². The predicted molar refractivity (Wildman–Crippen MR) is 81.1 cm³/mol. The molecule has 0 aliphatic heterocycles. The van der Waals surface area contributed by atoms with Crippen molar-refractivity contribution in [2.45, 2.75) is 70.3 Å². The molecule has 0 aromatic heterocycles. The van der Waals surface area contributed by atoms with Crippen molar-refractivity contribution in [3.63, 3.8) is 0 Å². The van der Waals surface area contributed by atoms with Gasteiger partial charge in [0.05, 0.1) is 5.60 Å². The number of hydrogen-bond donors (Lipinski definition) is 2. The van der Waals surface area contributed by atoms with Crippen LogP contribution >= 0.6 is 0 Å². The molecule has 0 aromatic carbocycles. The summed E-state index contributed by atoms with van der Waals surface area (Å²) in [5, 5.41) is 11.7. The molecule has 2 nitrogen and oxygen atoms in total. The zero-order valence-electron chi connectivity index (χ0n) is 13.0. The monoisotopic (exact) mass is 277 g/mol. The van der Waals surface area contributed by atoms with E-state index in [0.29, 0.717) is 12.5 Å². The lowest BCUT2D eigenvalue weighted by molar-refractivity contribution is -0.139. The average Bonchev–Trinajstić information content (AvgIpc) is 3.18. The molecule has 4 aliphatic rings. The summed E-state index contributed by atoms with van der Waals surface area (Å²) >= 11 is 0. The van der Waals surface area contributed by atoms with Crippen molar-refractivity contribution < 1.29 is 5.11 Å². The molecule has 4 saturated carbocycles. The first-order valence-corrected chi connectivity index (χ1v) is 9.06. The first-order chi connectivity index (χ1) is 9.63. The maximum atomic E-state index is 11.7. The Labute approximate surface area is 123 Å². The second-order valence-electron chi connectivity index (χ2n) is 8.49. The molecule has 0 saturated heterocycles. The summed E-state index contributed by atoms with van der Waals surface area (Å²) in [6.07, 6.45) is 11.5. The van der Waals surface area contributed by atoms with Gasteiger partial charge in [-0.25, -0.2) is 0 Å². The number of fused-ring (bicyclic) bond motifs is 5. The van der Waals surface area contributed by atoms with E-state index in [0.717, 1.165) is 30.1 Å². The molecule has 0 radical (unpaired) electrons. The first-order valence-electron chi connectivity index (χ1n) is 9.06. The molecule has 2 bridgehead atoms. The van der Waals surface area contributed by atoms with Crippen LogP contribution in [0.15, 0.2) is 0 Å². The summed E-state index contributed by atoms with van der Waals surface area (Å²) < 4.78 is 0. The smallest absolute Gasteiger partial charge is 0.0749 e. The van der Waals surface area contributed by atoms with Gasteiger partial charge in [0.1, 0.15) is 0 Å². The summed E-state index contributed by atoms with van der Waals surface area (Å²) in [6, 6.07) is 0. The van der Waals surface area contributed by atoms with Gasteiger partial charge >= 0.3 is 0 Å². The highest BCUT2D eigenvalue weighted by molar-refractivity contribution is 5.17. The van der Waals surface area contributed by atoms with Crippen molar-refractivity contribution in [1.82, 2.24) is 0 Å². The maximum Gasteiger partial charge on any atom is 0.0749 e. The average molecular weight is 277 g/mol. The molecule has 114 valence electrons. The topological polar surface area (TPSA) is 46.2 Å². The van der Waals surface area contributed by atoms with Gasteiger partial charge in [0.15, 0.2) is 0 Å². The quantitative estimate of drug-likeness (QED) is 0.831. The van der Waals surface area contributed by atoms with Crippen molar-refractivity contribution in [2.75, 3.05) is 6.54 Å². The van der Waals surface area contributed by atoms with E-state index in [-0.39, 0.29) is 5.41 Å². The molecule has 0 aromatic rings. The Kier molecular flexibility index (Phi) is 3.03. The maximum absolute atomic E-state index is 11.7. The summed E-state index contributed by atoms with van der Waals surface area (Å²) in [5.41, 5.74) is 5.90. The van der Waals surface area contributed by atoms with Crippen LogP contribution in [0, 0.1) is 35.0 Å². The zero-order valence-corrected chi connectivity index (χ0v) is 13.0.